The van der Waals surface area contributed by atoms with E-state index >= 15 is 0 Å². The lowest BCUT2D eigenvalue weighted by molar-refractivity contribution is 0.372. The third-order valence-corrected chi connectivity index (χ3v) is 8.18. The number of aryl methyl sites for hydroxylation is 1. The molecule has 11 nitrogen and oxygen atoms in total. The Morgan fingerprint density at radius 2 is 1.69 bits per heavy atom. The molecule has 3 aliphatic rings. The second-order valence-corrected chi connectivity index (χ2v) is 11.4. The van der Waals surface area contributed by atoms with Crippen LogP contribution in [-0.2, 0) is 13.1 Å². The van der Waals surface area contributed by atoms with Gasteiger partial charge in [0.05, 0.1) is 12.7 Å². The molecular formula is C28H49N11. The van der Waals surface area contributed by atoms with Gasteiger partial charge in [0.25, 0.3) is 0 Å². The van der Waals surface area contributed by atoms with Crippen molar-refractivity contribution in [3.05, 3.63) is 18.0 Å². The Morgan fingerprint density at radius 3 is 2.54 bits per heavy atom. The number of rotatable bonds is 14. The maximum absolute atomic E-state index is 4.87. The molecular weight excluding hydrogens is 490 g/mol. The Kier molecular flexibility index (Phi) is 11.0. The van der Waals surface area contributed by atoms with Gasteiger partial charge in [-0.3, -0.25) is 4.68 Å². The zero-order chi connectivity index (χ0) is 26.5. The average Bonchev–Trinajstić information content (AvgIpc) is 3.45. The Labute approximate surface area is 233 Å². The highest BCUT2D eigenvalue weighted by atomic mass is 15.4. The molecule has 4 heterocycles. The fraction of sp³-hybridized carbons (Fsp3) is 0.786. The summed E-state index contributed by atoms with van der Waals surface area (Å²) in [4.78, 5) is 12.1. The highest BCUT2D eigenvalue weighted by molar-refractivity contribution is 5.54. The van der Waals surface area contributed by atoms with E-state index in [1.165, 1.54) is 51.4 Å². The smallest absolute Gasteiger partial charge is 0.226 e. The van der Waals surface area contributed by atoms with Crippen molar-refractivity contribution in [3.63, 3.8) is 0 Å². The molecule has 0 spiro atoms. The molecule has 0 amide bonds. The average molecular weight is 540 g/mol. The minimum atomic E-state index is 0.450. The van der Waals surface area contributed by atoms with E-state index in [1.54, 1.807) is 0 Å². The number of piperidine rings is 2. The van der Waals surface area contributed by atoms with Crippen LogP contribution >= 0.6 is 0 Å². The second kappa shape index (κ2) is 15.3. The second-order valence-electron chi connectivity index (χ2n) is 11.4. The van der Waals surface area contributed by atoms with Gasteiger partial charge in [-0.25, -0.2) is 0 Å². The molecule has 0 aromatic carbocycles. The van der Waals surface area contributed by atoms with Gasteiger partial charge in [0.15, 0.2) is 0 Å². The molecule has 1 aliphatic carbocycles. The maximum atomic E-state index is 4.87. The molecule has 39 heavy (non-hydrogen) atoms. The van der Waals surface area contributed by atoms with E-state index in [2.05, 4.69) is 47.9 Å². The normalized spacial score (nSPS) is 19.3. The standard InChI is InChI=1S/C28H49N11/c1-3-8-23(9-4-1)31-16-15-29-12-7-19-39-22-25(36-37-39)21-32-28-34-26(33-24-10-13-30-14-11-24)20-27(35-28)38-17-5-2-6-18-38/h20,22-24,29-31H,1-19,21H2,(H2,32,33,34,35). The van der Waals surface area contributed by atoms with Crippen molar-refractivity contribution in [1.29, 1.82) is 0 Å². The van der Waals surface area contributed by atoms with Crippen LogP contribution in [0.4, 0.5) is 17.6 Å². The van der Waals surface area contributed by atoms with Gasteiger partial charge in [0.1, 0.15) is 17.3 Å². The first-order chi connectivity index (χ1) is 19.3. The van der Waals surface area contributed by atoms with Gasteiger partial charge < -0.3 is 31.5 Å². The summed E-state index contributed by atoms with van der Waals surface area (Å²) in [5.74, 6) is 2.56. The number of hydrogen-bond donors (Lipinski definition) is 5. The molecule has 11 heteroatoms. The van der Waals surface area contributed by atoms with Crippen LogP contribution in [0.2, 0.25) is 0 Å². The molecule has 216 valence electrons. The zero-order valence-electron chi connectivity index (χ0n) is 23.6. The summed E-state index contributed by atoms with van der Waals surface area (Å²) in [7, 11) is 0. The Balaban J connectivity index is 1.06. The molecule has 5 N–H and O–H groups in total. The van der Waals surface area contributed by atoms with Gasteiger partial charge >= 0.3 is 0 Å². The molecule has 2 saturated heterocycles. The van der Waals surface area contributed by atoms with Crippen molar-refractivity contribution in [2.24, 2.45) is 0 Å². The summed E-state index contributed by atoms with van der Waals surface area (Å²) < 4.78 is 1.94. The van der Waals surface area contributed by atoms with Crippen molar-refractivity contribution < 1.29 is 0 Å². The Morgan fingerprint density at radius 1 is 0.872 bits per heavy atom. The highest BCUT2D eigenvalue weighted by Gasteiger charge is 2.18. The molecule has 3 fully saturated rings. The van der Waals surface area contributed by atoms with Crippen LogP contribution in [0.25, 0.3) is 0 Å². The lowest BCUT2D eigenvalue weighted by Gasteiger charge is -2.29. The Hall–Kier alpha value is -2.50. The van der Waals surface area contributed by atoms with E-state index in [-0.39, 0.29) is 0 Å². The number of aromatic nitrogens is 5. The molecule has 0 unspecified atom stereocenters. The third-order valence-electron chi connectivity index (χ3n) is 8.18. The van der Waals surface area contributed by atoms with Crippen LogP contribution in [0, 0.1) is 0 Å². The van der Waals surface area contributed by atoms with E-state index in [4.69, 9.17) is 9.97 Å². The van der Waals surface area contributed by atoms with Crippen LogP contribution in [-0.4, -0.2) is 82.9 Å². The topological polar surface area (TPSA) is 120 Å². The number of hydrogen-bond acceptors (Lipinski definition) is 10. The summed E-state index contributed by atoms with van der Waals surface area (Å²) in [5.41, 5.74) is 0.902. The van der Waals surface area contributed by atoms with Gasteiger partial charge in [0.2, 0.25) is 5.95 Å². The van der Waals surface area contributed by atoms with Crippen LogP contribution < -0.4 is 31.5 Å². The predicted octanol–water partition coefficient (Wildman–Crippen LogP) is 2.74. The molecule has 0 radical (unpaired) electrons. The Bertz CT molecular complexity index is 962. The highest BCUT2D eigenvalue weighted by Crippen LogP contribution is 2.23. The molecule has 1 saturated carbocycles. The molecule has 5 rings (SSSR count). The maximum Gasteiger partial charge on any atom is 0.226 e. The number of nitrogens with zero attached hydrogens (tertiary/aromatic N) is 6. The van der Waals surface area contributed by atoms with Gasteiger partial charge in [-0.05, 0) is 71.0 Å². The predicted molar refractivity (Wildman–Crippen MR) is 157 cm³/mol. The first-order valence-corrected chi connectivity index (χ1v) is 15.5. The summed E-state index contributed by atoms with van der Waals surface area (Å²) in [5, 5.41) is 26.4. The summed E-state index contributed by atoms with van der Waals surface area (Å²) in [6, 6.07) is 3.30. The lowest BCUT2D eigenvalue weighted by Crippen LogP contribution is -2.36. The van der Waals surface area contributed by atoms with Crippen LogP contribution in [0.15, 0.2) is 12.3 Å². The first kappa shape index (κ1) is 28.0. The molecule has 0 atom stereocenters. The van der Waals surface area contributed by atoms with E-state index in [1.807, 2.05) is 10.9 Å². The third kappa shape index (κ3) is 9.29. The quantitative estimate of drug-likeness (QED) is 0.229. The summed E-state index contributed by atoms with van der Waals surface area (Å²) in [6.07, 6.45) is 15.9. The lowest BCUT2D eigenvalue weighted by atomic mass is 9.95. The fourth-order valence-electron chi connectivity index (χ4n) is 5.91. The van der Waals surface area contributed by atoms with Crippen molar-refractivity contribution >= 4 is 17.6 Å². The minimum Gasteiger partial charge on any atom is -0.367 e. The fourth-order valence-corrected chi connectivity index (χ4v) is 5.91. The SMILES string of the molecule is c1c(NC2CCNCC2)nc(NCc2cn(CCCNCCNC3CCCCC3)nn2)nc1N1CCCCC1. The number of nitrogens with one attached hydrogen (secondary N) is 5. The van der Waals surface area contributed by atoms with Gasteiger partial charge in [0, 0.05) is 50.9 Å². The summed E-state index contributed by atoms with van der Waals surface area (Å²) >= 11 is 0. The van der Waals surface area contributed by atoms with Gasteiger partial charge in [-0.2, -0.15) is 9.97 Å². The van der Waals surface area contributed by atoms with Crippen molar-refractivity contribution in [1.82, 2.24) is 40.9 Å². The van der Waals surface area contributed by atoms with Crippen LogP contribution in [0.1, 0.15) is 76.3 Å². The van der Waals surface area contributed by atoms with Gasteiger partial charge in [-0.15, -0.1) is 5.10 Å². The first-order valence-electron chi connectivity index (χ1n) is 15.5. The molecule has 0 bridgehead atoms. The van der Waals surface area contributed by atoms with E-state index in [0.717, 1.165) is 95.0 Å². The molecule has 2 aliphatic heterocycles. The monoisotopic (exact) mass is 539 g/mol. The minimum absolute atomic E-state index is 0.450. The number of anilines is 3. The van der Waals surface area contributed by atoms with Crippen molar-refractivity contribution in [2.45, 2.75) is 95.8 Å². The van der Waals surface area contributed by atoms with E-state index in [9.17, 15) is 0 Å². The molecule has 2 aromatic heterocycles. The summed E-state index contributed by atoms with van der Waals surface area (Å²) in [6.45, 7) is 8.71. The van der Waals surface area contributed by atoms with Crippen LogP contribution in [0.5, 0.6) is 0 Å². The van der Waals surface area contributed by atoms with Crippen molar-refractivity contribution in [2.75, 3.05) is 61.3 Å². The van der Waals surface area contributed by atoms with E-state index < -0.39 is 0 Å². The van der Waals surface area contributed by atoms with Gasteiger partial charge in [-0.1, -0.05) is 24.5 Å². The largest absolute Gasteiger partial charge is 0.367 e. The molecule has 2 aromatic rings. The van der Waals surface area contributed by atoms with E-state index in [0.29, 0.717) is 18.5 Å². The van der Waals surface area contributed by atoms with Crippen molar-refractivity contribution in [3.8, 4) is 0 Å². The van der Waals surface area contributed by atoms with Crippen LogP contribution in [0.3, 0.4) is 0 Å². The zero-order valence-corrected chi connectivity index (χ0v) is 23.6.